The van der Waals surface area contributed by atoms with Crippen LogP contribution in [0.1, 0.15) is 4.88 Å². The van der Waals surface area contributed by atoms with Crippen LogP contribution in [0.4, 0.5) is 11.8 Å². The number of thiophene rings is 1. The van der Waals surface area contributed by atoms with E-state index in [4.69, 9.17) is 16.2 Å². The predicted molar refractivity (Wildman–Crippen MR) is 61.8 cm³/mol. The van der Waals surface area contributed by atoms with Gasteiger partial charge in [0.05, 0.1) is 16.8 Å². The number of ether oxygens (including phenoxy) is 1. The molecule has 0 aliphatic carbocycles. The van der Waals surface area contributed by atoms with Gasteiger partial charge in [-0.1, -0.05) is 0 Å². The van der Waals surface area contributed by atoms with Gasteiger partial charge >= 0.3 is 0 Å². The maximum atomic E-state index is 5.75. The molecule has 5 nitrogen and oxygen atoms in total. The fourth-order valence-corrected chi connectivity index (χ4v) is 2.32. The number of methoxy groups -OCH3 is 1. The Bertz CT molecular complexity index is 482. The van der Waals surface area contributed by atoms with Crippen molar-refractivity contribution in [1.82, 2.24) is 9.97 Å². The highest BCUT2D eigenvalue weighted by atomic mass is 32.1. The van der Waals surface area contributed by atoms with E-state index in [1.165, 1.54) is 4.88 Å². The van der Waals surface area contributed by atoms with E-state index >= 15 is 0 Å². The molecular formula is C9H12N4OS. The van der Waals surface area contributed by atoms with Crippen molar-refractivity contribution < 1.29 is 4.74 Å². The smallest absolute Gasteiger partial charge is 0.222 e. The van der Waals surface area contributed by atoms with Gasteiger partial charge in [-0.3, -0.25) is 0 Å². The van der Waals surface area contributed by atoms with Gasteiger partial charge in [0, 0.05) is 18.4 Å². The molecule has 2 rings (SSSR count). The molecule has 2 heterocycles. The van der Waals surface area contributed by atoms with E-state index in [1.807, 2.05) is 6.07 Å². The Balaban J connectivity index is 2.41. The lowest BCUT2D eigenvalue weighted by atomic mass is 10.3. The number of rotatable bonds is 3. The van der Waals surface area contributed by atoms with Crippen LogP contribution in [0.2, 0.25) is 0 Å². The number of nitrogen functional groups attached to an aromatic ring is 2. The quantitative estimate of drug-likeness (QED) is 0.813. The number of hydrogen-bond acceptors (Lipinski definition) is 6. The Hall–Kier alpha value is -1.40. The first-order valence-electron chi connectivity index (χ1n) is 4.51. The molecule has 0 bridgehead atoms. The first-order chi connectivity index (χ1) is 7.20. The molecule has 0 unspecified atom stereocenters. The van der Waals surface area contributed by atoms with Crippen LogP contribution in [0.3, 0.4) is 0 Å². The fraction of sp³-hybridized carbons (Fsp3) is 0.333. The van der Waals surface area contributed by atoms with Crippen molar-refractivity contribution in [3.63, 3.8) is 0 Å². The lowest BCUT2D eigenvalue weighted by Crippen LogP contribution is -1.98. The summed E-state index contributed by atoms with van der Waals surface area (Å²) in [5, 5.41) is 0. The van der Waals surface area contributed by atoms with E-state index in [2.05, 4.69) is 9.97 Å². The largest absolute Gasteiger partial charge is 0.384 e. The van der Waals surface area contributed by atoms with Crippen LogP contribution in [0.25, 0.3) is 10.2 Å². The van der Waals surface area contributed by atoms with Crippen LogP contribution in [0.15, 0.2) is 6.07 Å². The Labute approximate surface area is 91.1 Å². The number of hydrogen-bond donors (Lipinski definition) is 2. The monoisotopic (exact) mass is 224 g/mol. The number of anilines is 2. The molecule has 0 saturated heterocycles. The van der Waals surface area contributed by atoms with E-state index in [0.717, 1.165) is 16.6 Å². The molecule has 0 aliphatic heterocycles. The Morgan fingerprint density at radius 3 is 2.93 bits per heavy atom. The second-order valence-corrected chi connectivity index (χ2v) is 4.27. The highest BCUT2D eigenvalue weighted by molar-refractivity contribution is 7.19. The molecule has 6 heteroatoms. The fourth-order valence-electron chi connectivity index (χ4n) is 1.35. The van der Waals surface area contributed by atoms with Gasteiger partial charge in [-0.05, 0) is 6.07 Å². The predicted octanol–water partition coefficient (Wildman–Crippen LogP) is 1.04. The van der Waals surface area contributed by atoms with Gasteiger partial charge in [0.25, 0.3) is 0 Å². The molecule has 0 amide bonds. The molecule has 0 saturated carbocycles. The summed E-state index contributed by atoms with van der Waals surface area (Å²) in [6, 6.07) is 1.98. The molecule has 2 aromatic heterocycles. The lowest BCUT2D eigenvalue weighted by Gasteiger charge is -1.95. The van der Waals surface area contributed by atoms with E-state index in [0.29, 0.717) is 12.4 Å². The summed E-state index contributed by atoms with van der Waals surface area (Å²) < 4.78 is 5.91. The second kappa shape index (κ2) is 4.00. The minimum absolute atomic E-state index is 0.219. The van der Waals surface area contributed by atoms with E-state index in [-0.39, 0.29) is 5.95 Å². The van der Waals surface area contributed by atoms with E-state index < -0.39 is 0 Å². The number of nitrogens with zero attached hydrogens (tertiary/aromatic N) is 2. The Morgan fingerprint density at radius 2 is 2.20 bits per heavy atom. The van der Waals surface area contributed by atoms with Gasteiger partial charge in [-0.25, -0.2) is 4.98 Å². The summed E-state index contributed by atoms with van der Waals surface area (Å²) >= 11 is 1.59. The van der Waals surface area contributed by atoms with Gasteiger partial charge in [0.1, 0.15) is 5.82 Å². The molecule has 2 aromatic rings. The molecule has 0 aromatic carbocycles. The molecule has 15 heavy (non-hydrogen) atoms. The third-order valence-corrected chi connectivity index (χ3v) is 3.23. The minimum Gasteiger partial charge on any atom is -0.384 e. The van der Waals surface area contributed by atoms with Crippen molar-refractivity contribution in [3.05, 3.63) is 10.9 Å². The van der Waals surface area contributed by atoms with Gasteiger partial charge < -0.3 is 16.2 Å². The minimum atomic E-state index is 0.219. The van der Waals surface area contributed by atoms with E-state index in [9.17, 15) is 0 Å². The molecule has 4 N–H and O–H groups in total. The number of fused-ring (bicyclic) bond motifs is 1. The van der Waals surface area contributed by atoms with Crippen LogP contribution in [0.5, 0.6) is 0 Å². The third kappa shape index (κ3) is 2.00. The molecule has 80 valence electrons. The highest BCUT2D eigenvalue weighted by Gasteiger charge is 2.08. The summed E-state index contributed by atoms with van der Waals surface area (Å²) in [7, 11) is 1.68. The second-order valence-electron chi connectivity index (χ2n) is 3.14. The molecule has 0 fully saturated rings. The van der Waals surface area contributed by atoms with Crippen LogP contribution >= 0.6 is 11.3 Å². The van der Waals surface area contributed by atoms with Gasteiger partial charge in [-0.2, -0.15) is 4.98 Å². The summed E-state index contributed by atoms with van der Waals surface area (Å²) in [6.45, 7) is 0.690. The lowest BCUT2D eigenvalue weighted by molar-refractivity contribution is 0.203. The van der Waals surface area contributed by atoms with Crippen LogP contribution < -0.4 is 11.5 Å². The Kier molecular flexibility index (Phi) is 2.70. The van der Waals surface area contributed by atoms with Crippen molar-refractivity contribution in [2.24, 2.45) is 0 Å². The third-order valence-electron chi connectivity index (χ3n) is 2.02. The molecule has 0 atom stereocenters. The SMILES string of the molecule is COCCc1cc2nc(N)nc(N)c2s1. The van der Waals surface area contributed by atoms with Gasteiger partial charge in [-0.15, -0.1) is 11.3 Å². The normalized spacial score (nSPS) is 11.0. The van der Waals surface area contributed by atoms with Crippen molar-refractivity contribution >= 4 is 33.3 Å². The first-order valence-corrected chi connectivity index (χ1v) is 5.32. The zero-order chi connectivity index (χ0) is 10.8. The zero-order valence-corrected chi connectivity index (χ0v) is 9.17. The maximum Gasteiger partial charge on any atom is 0.222 e. The summed E-state index contributed by atoms with van der Waals surface area (Å²) in [4.78, 5) is 9.22. The number of nitrogens with two attached hydrogens (primary N) is 2. The molecule has 0 spiro atoms. The topological polar surface area (TPSA) is 87.0 Å². The van der Waals surface area contributed by atoms with Crippen molar-refractivity contribution in [2.45, 2.75) is 6.42 Å². The van der Waals surface area contributed by atoms with Gasteiger partial charge in [0.15, 0.2) is 0 Å². The average Bonchev–Trinajstić information content (AvgIpc) is 2.57. The highest BCUT2D eigenvalue weighted by Crippen LogP contribution is 2.28. The standard InChI is InChI=1S/C9H12N4OS/c1-14-3-2-5-4-6-7(15-5)8(10)13-9(11)12-6/h4H,2-3H2,1H3,(H4,10,11,12,13). The van der Waals surface area contributed by atoms with Crippen molar-refractivity contribution in [1.29, 1.82) is 0 Å². The van der Waals surface area contributed by atoms with Crippen LogP contribution in [0, 0.1) is 0 Å². The van der Waals surface area contributed by atoms with Crippen LogP contribution in [-0.2, 0) is 11.2 Å². The van der Waals surface area contributed by atoms with Crippen LogP contribution in [-0.4, -0.2) is 23.7 Å². The molecule has 0 radical (unpaired) electrons. The van der Waals surface area contributed by atoms with Crippen molar-refractivity contribution in [2.75, 3.05) is 25.2 Å². The number of aromatic nitrogens is 2. The summed E-state index contributed by atoms with van der Waals surface area (Å²) in [5.41, 5.74) is 12.1. The molecule has 0 aliphatic rings. The first kappa shape index (κ1) is 10.1. The zero-order valence-electron chi connectivity index (χ0n) is 8.36. The Morgan fingerprint density at radius 1 is 1.40 bits per heavy atom. The van der Waals surface area contributed by atoms with E-state index in [1.54, 1.807) is 18.4 Å². The summed E-state index contributed by atoms with van der Waals surface area (Å²) in [6.07, 6.45) is 0.858. The molecular weight excluding hydrogens is 212 g/mol. The maximum absolute atomic E-state index is 5.75. The van der Waals surface area contributed by atoms with Gasteiger partial charge in [0.2, 0.25) is 5.95 Å². The summed E-state index contributed by atoms with van der Waals surface area (Å²) in [5.74, 6) is 0.669. The van der Waals surface area contributed by atoms with Crippen molar-refractivity contribution in [3.8, 4) is 0 Å². The average molecular weight is 224 g/mol.